The standard InChI is InChI=1S/C18H26O2/c1-11-6-7-15-14(12(11)2)8-13(9-17(15,3)4)18(5)16(10-19)20-18/h6-7,13,16,19H,8-10H2,1-5H3/t13?,16-,18-/m0/s1. The average Bonchev–Trinajstić information content (AvgIpc) is 3.06. The lowest BCUT2D eigenvalue weighted by atomic mass is 9.64. The summed E-state index contributed by atoms with van der Waals surface area (Å²) in [4.78, 5) is 0. The Morgan fingerprint density at radius 2 is 1.95 bits per heavy atom. The molecule has 1 aromatic rings. The third-order valence-corrected chi connectivity index (χ3v) is 5.76. The van der Waals surface area contributed by atoms with Crippen LogP contribution in [0.4, 0.5) is 0 Å². The third-order valence-electron chi connectivity index (χ3n) is 5.76. The van der Waals surface area contributed by atoms with Crippen LogP contribution in [0.1, 0.15) is 49.4 Å². The van der Waals surface area contributed by atoms with E-state index in [1.165, 1.54) is 22.3 Å². The molecular formula is C18H26O2. The van der Waals surface area contributed by atoms with Gasteiger partial charge in [0.25, 0.3) is 0 Å². The summed E-state index contributed by atoms with van der Waals surface area (Å²) in [5.74, 6) is 0.502. The van der Waals surface area contributed by atoms with Crippen LogP contribution in [0, 0.1) is 19.8 Å². The number of ether oxygens (including phenoxy) is 1. The SMILES string of the molecule is Cc1ccc2c(c1C)CC([C@]1(C)O[C@H]1CO)CC2(C)C. The molecule has 0 saturated carbocycles. The summed E-state index contributed by atoms with van der Waals surface area (Å²) in [5, 5.41) is 9.37. The van der Waals surface area contributed by atoms with Gasteiger partial charge < -0.3 is 9.84 Å². The van der Waals surface area contributed by atoms with Crippen molar-refractivity contribution in [2.24, 2.45) is 5.92 Å². The second-order valence-corrected chi connectivity index (χ2v) is 7.50. The maximum absolute atomic E-state index is 9.37. The highest BCUT2D eigenvalue weighted by Crippen LogP contribution is 2.52. The Balaban J connectivity index is 2.01. The normalized spacial score (nSPS) is 34.7. The fourth-order valence-electron chi connectivity index (χ4n) is 4.07. The zero-order valence-electron chi connectivity index (χ0n) is 13.3. The zero-order valence-corrected chi connectivity index (χ0v) is 13.3. The lowest BCUT2D eigenvalue weighted by molar-refractivity contribution is 0.181. The first-order valence-electron chi connectivity index (χ1n) is 7.68. The van der Waals surface area contributed by atoms with Crippen LogP contribution in [0.15, 0.2) is 12.1 Å². The number of rotatable bonds is 2. The second-order valence-electron chi connectivity index (χ2n) is 7.50. The van der Waals surface area contributed by atoms with Gasteiger partial charge in [0.2, 0.25) is 0 Å². The first-order valence-corrected chi connectivity index (χ1v) is 7.68. The minimum atomic E-state index is -0.125. The van der Waals surface area contributed by atoms with Crippen LogP contribution < -0.4 is 0 Å². The van der Waals surface area contributed by atoms with E-state index in [-0.39, 0.29) is 23.7 Å². The predicted octanol–water partition coefficient (Wildman–Crippen LogP) is 3.29. The number of hydrogen-bond acceptors (Lipinski definition) is 2. The lowest BCUT2D eigenvalue weighted by Gasteiger charge is -2.40. The smallest absolute Gasteiger partial charge is 0.110 e. The van der Waals surface area contributed by atoms with E-state index in [0.717, 1.165) is 12.8 Å². The van der Waals surface area contributed by atoms with E-state index in [1.807, 2.05) is 0 Å². The molecule has 3 atom stereocenters. The second kappa shape index (κ2) is 4.32. The molecule has 1 N–H and O–H groups in total. The number of aliphatic hydroxyl groups is 1. The van der Waals surface area contributed by atoms with Gasteiger partial charge in [0.15, 0.2) is 0 Å². The topological polar surface area (TPSA) is 32.8 Å². The summed E-state index contributed by atoms with van der Waals surface area (Å²) in [7, 11) is 0. The van der Waals surface area contributed by atoms with Gasteiger partial charge in [-0.3, -0.25) is 0 Å². The number of aryl methyl sites for hydroxylation is 1. The Kier molecular flexibility index (Phi) is 3.04. The fraction of sp³-hybridized carbons (Fsp3) is 0.667. The summed E-state index contributed by atoms with van der Waals surface area (Å²) >= 11 is 0. The molecule has 0 aromatic heterocycles. The Hall–Kier alpha value is -0.860. The van der Waals surface area contributed by atoms with E-state index in [4.69, 9.17) is 4.74 Å². The van der Waals surface area contributed by atoms with Crippen LogP contribution in [-0.4, -0.2) is 23.4 Å². The van der Waals surface area contributed by atoms with Crippen molar-refractivity contribution in [3.05, 3.63) is 34.4 Å². The highest BCUT2D eigenvalue weighted by atomic mass is 16.6. The van der Waals surface area contributed by atoms with Gasteiger partial charge in [-0.25, -0.2) is 0 Å². The van der Waals surface area contributed by atoms with E-state index >= 15 is 0 Å². The van der Waals surface area contributed by atoms with Crippen molar-refractivity contribution in [1.82, 2.24) is 0 Å². The van der Waals surface area contributed by atoms with Gasteiger partial charge in [0.05, 0.1) is 12.2 Å². The summed E-state index contributed by atoms with van der Waals surface area (Å²) < 4.78 is 5.82. The molecule has 110 valence electrons. The van der Waals surface area contributed by atoms with Crippen molar-refractivity contribution in [2.45, 2.75) is 64.6 Å². The van der Waals surface area contributed by atoms with E-state index in [9.17, 15) is 5.11 Å². The fourth-order valence-corrected chi connectivity index (χ4v) is 4.07. The first-order chi connectivity index (χ1) is 9.29. The van der Waals surface area contributed by atoms with Gasteiger partial charge in [0.1, 0.15) is 6.10 Å². The minimum absolute atomic E-state index is 0.0370. The third kappa shape index (κ3) is 1.93. The van der Waals surface area contributed by atoms with Crippen LogP contribution in [-0.2, 0) is 16.6 Å². The van der Waals surface area contributed by atoms with E-state index in [1.54, 1.807) is 0 Å². The van der Waals surface area contributed by atoms with Crippen molar-refractivity contribution in [1.29, 1.82) is 0 Å². The monoisotopic (exact) mass is 274 g/mol. The van der Waals surface area contributed by atoms with E-state index in [0.29, 0.717) is 5.92 Å². The van der Waals surface area contributed by atoms with Crippen LogP contribution in [0.25, 0.3) is 0 Å². The summed E-state index contributed by atoms with van der Waals surface area (Å²) in [6, 6.07) is 4.57. The molecule has 0 amide bonds. The zero-order chi connectivity index (χ0) is 14.7. The van der Waals surface area contributed by atoms with Crippen LogP contribution in [0.5, 0.6) is 0 Å². The molecule has 1 unspecified atom stereocenters. The predicted molar refractivity (Wildman–Crippen MR) is 81.1 cm³/mol. The molecule has 1 saturated heterocycles. The largest absolute Gasteiger partial charge is 0.394 e. The molecule has 1 aliphatic carbocycles. The molecule has 0 radical (unpaired) electrons. The maximum Gasteiger partial charge on any atom is 0.110 e. The molecule has 0 bridgehead atoms. The molecule has 1 aromatic carbocycles. The molecule has 1 aliphatic heterocycles. The maximum atomic E-state index is 9.37. The van der Waals surface area contributed by atoms with Gasteiger partial charge in [-0.1, -0.05) is 26.0 Å². The van der Waals surface area contributed by atoms with E-state index < -0.39 is 0 Å². The number of hydrogen-bond donors (Lipinski definition) is 1. The van der Waals surface area contributed by atoms with Gasteiger partial charge >= 0.3 is 0 Å². The number of fused-ring (bicyclic) bond motifs is 1. The molecular weight excluding hydrogens is 248 g/mol. The molecule has 1 heterocycles. The molecule has 2 heteroatoms. The molecule has 20 heavy (non-hydrogen) atoms. The Morgan fingerprint density at radius 1 is 1.25 bits per heavy atom. The number of aliphatic hydroxyl groups excluding tert-OH is 1. The number of epoxide rings is 1. The molecule has 3 rings (SSSR count). The van der Waals surface area contributed by atoms with Crippen molar-refractivity contribution in [3.8, 4) is 0 Å². The van der Waals surface area contributed by atoms with Gasteiger partial charge in [0, 0.05) is 0 Å². The van der Waals surface area contributed by atoms with Crippen LogP contribution >= 0.6 is 0 Å². The first kappa shape index (κ1) is 14.1. The molecule has 1 fully saturated rings. The van der Waals surface area contributed by atoms with Crippen LogP contribution in [0.3, 0.4) is 0 Å². The van der Waals surface area contributed by atoms with Gasteiger partial charge in [-0.2, -0.15) is 0 Å². The quantitative estimate of drug-likeness (QED) is 0.839. The molecule has 2 aliphatic rings. The molecule has 0 spiro atoms. The Morgan fingerprint density at radius 3 is 2.55 bits per heavy atom. The lowest BCUT2D eigenvalue weighted by Crippen LogP contribution is -2.38. The summed E-state index contributed by atoms with van der Waals surface area (Å²) in [6.07, 6.45) is 2.25. The van der Waals surface area contributed by atoms with Gasteiger partial charge in [-0.15, -0.1) is 0 Å². The van der Waals surface area contributed by atoms with Crippen molar-refractivity contribution in [2.75, 3.05) is 6.61 Å². The van der Waals surface area contributed by atoms with Crippen LogP contribution in [0.2, 0.25) is 0 Å². The highest BCUT2D eigenvalue weighted by Gasteiger charge is 2.58. The Labute approximate surface area is 122 Å². The van der Waals surface area contributed by atoms with E-state index in [2.05, 4.69) is 46.8 Å². The highest BCUT2D eigenvalue weighted by molar-refractivity contribution is 5.45. The minimum Gasteiger partial charge on any atom is -0.394 e. The molecule has 2 nitrogen and oxygen atoms in total. The van der Waals surface area contributed by atoms with Crippen molar-refractivity contribution in [3.63, 3.8) is 0 Å². The van der Waals surface area contributed by atoms with Crippen molar-refractivity contribution < 1.29 is 9.84 Å². The number of benzene rings is 1. The average molecular weight is 274 g/mol. The summed E-state index contributed by atoms with van der Waals surface area (Å²) in [5.41, 5.74) is 5.89. The Bertz CT molecular complexity index is 547. The van der Waals surface area contributed by atoms with Gasteiger partial charge in [-0.05, 0) is 67.2 Å². The summed E-state index contributed by atoms with van der Waals surface area (Å²) in [6.45, 7) is 11.4. The van der Waals surface area contributed by atoms with Crippen molar-refractivity contribution >= 4 is 0 Å².